The largest absolute Gasteiger partial charge is 0.329 e. The zero-order valence-electron chi connectivity index (χ0n) is 13.9. The summed E-state index contributed by atoms with van der Waals surface area (Å²) >= 11 is 0. The van der Waals surface area contributed by atoms with Gasteiger partial charge in [-0.05, 0) is 30.2 Å². The number of aryl methyl sites for hydroxylation is 1. The summed E-state index contributed by atoms with van der Waals surface area (Å²) in [5.74, 6) is -0.0537. The van der Waals surface area contributed by atoms with Crippen molar-refractivity contribution in [2.24, 2.45) is 5.73 Å². The van der Waals surface area contributed by atoms with Crippen molar-refractivity contribution in [1.82, 2.24) is 4.90 Å². The molecular formula is C19H25N3O. The Morgan fingerprint density at radius 3 is 2.39 bits per heavy atom. The summed E-state index contributed by atoms with van der Waals surface area (Å²) in [4.78, 5) is 13.4. The lowest BCUT2D eigenvalue weighted by Crippen LogP contribution is -2.28. The zero-order chi connectivity index (χ0) is 16.7. The van der Waals surface area contributed by atoms with E-state index in [9.17, 15) is 4.79 Å². The number of nitrogens with two attached hydrogens (primary N) is 1. The summed E-state index contributed by atoms with van der Waals surface area (Å²) in [6, 6.07) is 16.5. The molecular weight excluding hydrogens is 286 g/mol. The van der Waals surface area contributed by atoms with Gasteiger partial charge in [0.2, 0.25) is 5.91 Å². The van der Waals surface area contributed by atoms with Crippen molar-refractivity contribution in [1.29, 1.82) is 0 Å². The van der Waals surface area contributed by atoms with E-state index in [2.05, 4.69) is 41.4 Å². The summed E-state index contributed by atoms with van der Waals surface area (Å²) in [7, 11) is 0. The molecule has 4 heteroatoms. The molecule has 0 bridgehead atoms. The van der Waals surface area contributed by atoms with Crippen LogP contribution < -0.4 is 11.1 Å². The van der Waals surface area contributed by atoms with Crippen LogP contribution in [0.15, 0.2) is 48.5 Å². The van der Waals surface area contributed by atoms with E-state index in [-0.39, 0.29) is 5.91 Å². The first-order valence-corrected chi connectivity index (χ1v) is 7.91. The highest BCUT2D eigenvalue weighted by atomic mass is 16.1. The second-order valence-corrected chi connectivity index (χ2v) is 5.87. The van der Waals surface area contributed by atoms with E-state index in [4.69, 9.17) is 5.73 Å². The Hall–Kier alpha value is -2.17. The molecule has 23 heavy (non-hydrogen) atoms. The van der Waals surface area contributed by atoms with Crippen LogP contribution in [0, 0.1) is 6.92 Å². The summed E-state index contributed by atoms with van der Waals surface area (Å²) in [5.41, 5.74) is 10.4. The molecule has 0 aliphatic rings. The molecule has 0 radical (unpaired) electrons. The second kappa shape index (κ2) is 8.46. The van der Waals surface area contributed by atoms with Crippen molar-refractivity contribution in [3.8, 4) is 0 Å². The molecule has 0 aromatic heterocycles. The van der Waals surface area contributed by atoms with Crippen LogP contribution in [0.2, 0.25) is 0 Å². The molecule has 0 heterocycles. The minimum atomic E-state index is -0.0537. The second-order valence-electron chi connectivity index (χ2n) is 5.87. The van der Waals surface area contributed by atoms with Gasteiger partial charge in [0.25, 0.3) is 0 Å². The van der Waals surface area contributed by atoms with E-state index in [1.54, 1.807) is 0 Å². The van der Waals surface area contributed by atoms with Crippen LogP contribution in [-0.2, 0) is 17.9 Å². The number of benzene rings is 2. The van der Waals surface area contributed by atoms with Gasteiger partial charge in [-0.2, -0.15) is 0 Å². The highest BCUT2D eigenvalue weighted by Crippen LogP contribution is 2.14. The lowest BCUT2D eigenvalue weighted by atomic mass is 10.1. The van der Waals surface area contributed by atoms with E-state index < -0.39 is 0 Å². The van der Waals surface area contributed by atoms with Gasteiger partial charge in [0.1, 0.15) is 0 Å². The van der Waals surface area contributed by atoms with E-state index in [1.807, 2.05) is 24.3 Å². The third-order valence-corrected chi connectivity index (χ3v) is 3.61. The predicted molar refractivity (Wildman–Crippen MR) is 95.1 cm³/mol. The monoisotopic (exact) mass is 311 g/mol. The molecule has 0 fully saturated rings. The van der Waals surface area contributed by atoms with Gasteiger partial charge >= 0.3 is 0 Å². The standard InChI is InChI=1S/C19H25N3O/c1-15-4-3-5-18(12-15)14-22(11-10-20)13-17-6-8-19(9-7-17)21-16(2)23/h3-9,12H,10-11,13-14,20H2,1-2H3,(H,21,23). The van der Waals surface area contributed by atoms with Crippen molar-refractivity contribution in [3.63, 3.8) is 0 Å². The Kier molecular flexibility index (Phi) is 6.32. The van der Waals surface area contributed by atoms with Crippen molar-refractivity contribution < 1.29 is 4.79 Å². The maximum atomic E-state index is 11.1. The molecule has 122 valence electrons. The molecule has 0 aliphatic heterocycles. The fraction of sp³-hybridized carbons (Fsp3) is 0.316. The highest BCUT2D eigenvalue weighted by Gasteiger charge is 2.07. The molecule has 0 atom stereocenters. The smallest absolute Gasteiger partial charge is 0.221 e. The summed E-state index contributed by atoms with van der Waals surface area (Å²) in [5, 5.41) is 2.78. The number of hydrogen-bond acceptors (Lipinski definition) is 3. The third kappa shape index (κ3) is 5.85. The van der Waals surface area contributed by atoms with Crippen LogP contribution in [-0.4, -0.2) is 23.9 Å². The van der Waals surface area contributed by atoms with E-state index in [0.29, 0.717) is 6.54 Å². The topological polar surface area (TPSA) is 58.4 Å². The molecule has 0 unspecified atom stereocenters. The van der Waals surface area contributed by atoms with Gasteiger partial charge in [0.05, 0.1) is 0 Å². The molecule has 2 aromatic carbocycles. The van der Waals surface area contributed by atoms with Crippen molar-refractivity contribution in [3.05, 3.63) is 65.2 Å². The number of rotatable bonds is 7. The first-order chi connectivity index (χ1) is 11.1. The summed E-state index contributed by atoms with van der Waals surface area (Å²) in [6.07, 6.45) is 0. The molecule has 2 rings (SSSR count). The van der Waals surface area contributed by atoms with E-state index in [0.717, 1.165) is 25.3 Å². The van der Waals surface area contributed by atoms with Gasteiger partial charge in [0, 0.05) is 38.8 Å². The minimum absolute atomic E-state index is 0.0537. The van der Waals surface area contributed by atoms with Gasteiger partial charge in [-0.25, -0.2) is 0 Å². The molecule has 0 saturated carbocycles. The maximum absolute atomic E-state index is 11.1. The summed E-state index contributed by atoms with van der Waals surface area (Å²) in [6.45, 7) is 6.82. The van der Waals surface area contributed by atoms with E-state index >= 15 is 0 Å². The van der Waals surface area contributed by atoms with Gasteiger partial charge in [-0.1, -0.05) is 42.0 Å². The fourth-order valence-electron chi connectivity index (χ4n) is 2.62. The third-order valence-electron chi connectivity index (χ3n) is 3.61. The Bertz CT molecular complexity index is 637. The first-order valence-electron chi connectivity index (χ1n) is 7.91. The highest BCUT2D eigenvalue weighted by molar-refractivity contribution is 5.88. The molecule has 3 N–H and O–H groups in total. The van der Waals surface area contributed by atoms with Crippen LogP contribution >= 0.6 is 0 Å². The number of amides is 1. The van der Waals surface area contributed by atoms with Crippen LogP contribution in [0.4, 0.5) is 5.69 Å². The number of nitrogens with one attached hydrogen (secondary N) is 1. The average molecular weight is 311 g/mol. The SMILES string of the molecule is CC(=O)Nc1ccc(CN(CCN)Cc2cccc(C)c2)cc1. The van der Waals surface area contributed by atoms with Gasteiger partial charge < -0.3 is 11.1 Å². The van der Waals surface area contributed by atoms with Crippen LogP contribution in [0.1, 0.15) is 23.6 Å². The zero-order valence-corrected chi connectivity index (χ0v) is 13.9. The molecule has 4 nitrogen and oxygen atoms in total. The normalized spacial score (nSPS) is 10.8. The Labute approximate surface area is 138 Å². The fourth-order valence-corrected chi connectivity index (χ4v) is 2.62. The number of carbonyl (C=O) groups is 1. The van der Waals surface area contributed by atoms with Gasteiger partial charge in [0.15, 0.2) is 0 Å². The maximum Gasteiger partial charge on any atom is 0.221 e. The first kappa shape index (κ1) is 17.2. The lowest BCUT2D eigenvalue weighted by Gasteiger charge is -2.22. The number of nitrogens with zero attached hydrogens (tertiary/aromatic N) is 1. The average Bonchev–Trinajstić information content (AvgIpc) is 2.49. The predicted octanol–water partition coefficient (Wildman–Crippen LogP) is 2.91. The van der Waals surface area contributed by atoms with Gasteiger partial charge in [-0.15, -0.1) is 0 Å². The molecule has 1 amide bonds. The Morgan fingerprint density at radius 1 is 1.09 bits per heavy atom. The van der Waals surface area contributed by atoms with E-state index in [1.165, 1.54) is 23.6 Å². The van der Waals surface area contributed by atoms with Crippen LogP contribution in [0.25, 0.3) is 0 Å². The van der Waals surface area contributed by atoms with Crippen molar-refractivity contribution >= 4 is 11.6 Å². The molecule has 0 spiro atoms. The Balaban J connectivity index is 2.02. The molecule has 0 saturated heterocycles. The Morgan fingerprint density at radius 2 is 1.78 bits per heavy atom. The number of carbonyl (C=O) groups excluding carboxylic acids is 1. The number of anilines is 1. The van der Waals surface area contributed by atoms with Crippen LogP contribution in [0.5, 0.6) is 0 Å². The minimum Gasteiger partial charge on any atom is -0.329 e. The van der Waals surface area contributed by atoms with Crippen molar-refractivity contribution in [2.45, 2.75) is 26.9 Å². The lowest BCUT2D eigenvalue weighted by molar-refractivity contribution is -0.114. The van der Waals surface area contributed by atoms with Crippen molar-refractivity contribution in [2.75, 3.05) is 18.4 Å². The van der Waals surface area contributed by atoms with Crippen LogP contribution in [0.3, 0.4) is 0 Å². The quantitative estimate of drug-likeness (QED) is 0.826. The molecule has 2 aromatic rings. The van der Waals surface area contributed by atoms with Gasteiger partial charge in [-0.3, -0.25) is 9.69 Å². The number of hydrogen-bond donors (Lipinski definition) is 2. The summed E-state index contributed by atoms with van der Waals surface area (Å²) < 4.78 is 0. The molecule has 0 aliphatic carbocycles.